The Kier molecular flexibility index (Phi) is 7.14. The second-order valence-corrected chi connectivity index (χ2v) is 5.40. The van der Waals surface area contributed by atoms with E-state index < -0.39 is 10.8 Å². The molecule has 0 heterocycles. The zero-order valence-corrected chi connectivity index (χ0v) is 15.6. The van der Waals surface area contributed by atoms with Crippen molar-refractivity contribution in [1.82, 2.24) is 5.43 Å². The van der Waals surface area contributed by atoms with Crippen molar-refractivity contribution < 1.29 is 23.9 Å². The van der Waals surface area contributed by atoms with Gasteiger partial charge < -0.3 is 19.5 Å². The minimum absolute atomic E-state index is 0.0301. The van der Waals surface area contributed by atoms with Crippen LogP contribution in [0.25, 0.3) is 0 Å². The summed E-state index contributed by atoms with van der Waals surface area (Å²) in [6, 6.07) is 9.68. The first-order valence-electron chi connectivity index (χ1n) is 8.08. The molecule has 0 saturated carbocycles. The number of nitrogens with one attached hydrogen (secondary N) is 2. The molecule has 2 N–H and O–H groups in total. The van der Waals surface area contributed by atoms with Crippen LogP contribution in [-0.2, 0) is 4.79 Å². The van der Waals surface area contributed by atoms with E-state index in [-0.39, 0.29) is 23.5 Å². The van der Waals surface area contributed by atoms with Gasteiger partial charge in [-0.3, -0.25) is 14.9 Å². The van der Waals surface area contributed by atoms with E-state index in [9.17, 15) is 14.9 Å². The number of nitrogens with zero attached hydrogens (tertiary/aromatic N) is 2. The lowest BCUT2D eigenvalue weighted by Gasteiger charge is -2.08. The van der Waals surface area contributed by atoms with Crippen molar-refractivity contribution in [3.8, 4) is 17.2 Å². The molecule has 1 amide bonds. The van der Waals surface area contributed by atoms with Gasteiger partial charge >= 0.3 is 0 Å². The maximum absolute atomic E-state index is 11.9. The van der Waals surface area contributed by atoms with E-state index in [1.165, 1.54) is 32.6 Å². The van der Waals surface area contributed by atoms with E-state index in [4.69, 9.17) is 14.2 Å². The van der Waals surface area contributed by atoms with Gasteiger partial charge in [-0.05, 0) is 30.3 Å². The second-order valence-electron chi connectivity index (χ2n) is 5.40. The third kappa shape index (κ3) is 5.34. The Bertz CT molecular complexity index is 867. The molecular weight excluding hydrogens is 368 g/mol. The van der Waals surface area contributed by atoms with E-state index in [1.807, 2.05) is 0 Å². The molecule has 0 bridgehead atoms. The van der Waals surface area contributed by atoms with Crippen molar-refractivity contribution in [1.29, 1.82) is 0 Å². The maximum Gasteiger partial charge on any atom is 0.282 e. The first-order chi connectivity index (χ1) is 13.5. The van der Waals surface area contributed by atoms with Gasteiger partial charge in [-0.1, -0.05) is 0 Å². The van der Waals surface area contributed by atoms with Crippen LogP contribution in [0.3, 0.4) is 0 Å². The van der Waals surface area contributed by atoms with Gasteiger partial charge in [-0.2, -0.15) is 5.10 Å². The highest BCUT2D eigenvalue weighted by Gasteiger charge is 2.18. The molecule has 2 aromatic carbocycles. The normalized spacial score (nSPS) is 10.4. The first-order valence-corrected chi connectivity index (χ1v) is 8.08. The van der Waals surface area contributed by atoms with E-state index >= 15 is 0 Å². The molecule has 0 aromatic heterocycles. The highest BCUT2D eigenvalue weighted by Crippen LogP contribution is 2.33. The summed E-state index contributed by atoms with van der Waals surface area (Å²) in [6.07, 6.45) is 1.17. The molecule has 2 aromatic rings. The quantitative estimate of drug-likeness (QED) is 0.383. The summed E-state index contributed by atoms with van der Waals surface area (Å²) in [6.45, 7) is -0.0301. The molecule has 0 aliphatic carbocycles. The van der Waals surface area contributed by atoms with E-state index in [1.54, 1.807) is 31.4 Å². The number of ether oxygens (including phenoxy) is 3. The minimum Gasteiger partial charge on any atom is -0.497 e. The Balaban J connectivity index is 2.00. The maximum atomic E-state index is 11.9. The summed E-state index contributed by atoms with van der Waals surface area (Å²) < 4.78 is 15.2. The van der Waals surface area contributed by atoms with Gasteiger partial charge in [0.2, 0.25) is 0 Å². The van der Waals surface area contributed by atoms with Crippen LogP contribution in [0, 0.1) is 10.1 Å². The van der Waals surface area contributed by atoms with Gasteiger partial charge in [-0.15, -0.1) is 0 Å². The predicted octanol–water partition coefficient (Wildman–Crippen LogP) is 2.18. The van der Waals surface area contributed by atoms with Gasteiger partial charge in [0.15, 0.2) is 11.5 Å². The highest BCUT2D eigenvalue weighted by atomic mass is 16.6. The largest absolute Gasteiger partial charge is 0.497 e. The summed E-state index contributed by atoms with van der Waals surface area (Å²) in [4.78, 5) is 22.5. The molecule has 2 rings (SSSR count). The molecule has 28 heavy (non-hydrogen) atoms. The SMILES string of the molecule is COc1ccc(NCC(=O)N/N=C/c2cc(OC)c(OC)cc2[N+](=O)[O-])cc1. The first kappa shape index (κ1) is 20.5. The average Bonchev–Trinajstić information content (AvgIpc) is 2.71. The fourth-order valence-electron chi connectivity index (χ4n) is 2.25. The van der Waals surface area contributed by atoms with Crippen LogP contribution >= 0.6 is 0 Å². The number of carbonyl (C=O) groups excluding carboxylic acids is 1. The Labute approximate surface area is 161 Å². The number of nitro groups is 1. The van der Waals surface area contributed by atoms with Gasteiger partial charge in [0.05, 0.1) is 50.6 Å². The summed E-state index contributed by atoms with van der Waals surface area (Å²) in [5.74, 6) is 0.812. The lowest BCUT2D eigenvalue weighted by atomic mass is 10.1. The Hall–Kier alpha value is -3.82. The lowest BCUT2D eigenvalue weighted by molar-refractivity contribution is -0.385. The summed E-state index contributed by atoms with van der Waals surface area (Å²) in [5.41, 5.74) is 2.97. The Morgan fingerprint density at radius 3 is 2.32 bits per heavy atom. The third-order valence-corrected chi connectivity index (χ3v) is 3.67. The van der Waals surface area contributed by atoms with Gasteiger partial charge in [0.1, 0.15) is 5.75 Å². The summed E-state index contributed by atoms with van der Waals surface area (Å²) in [7, 11) is 4.36. The molecule has 0 atom stereocenters. The van der Waals surface area contributed by atoms with Crippen LogP contribution in [0.15, 0.2) is 41.5 Å². The molecule has 0 spiro atoms. The lowest BCUT2D eigenvalue weighted by Crippen LogP contribution is -2.25. The van der Waals surface area contributed by atoms with Gasteiger partial charge in [0.25, 0.3) is 11.6 Å². The van der Waals surface area contributed by atoms with Crippen LogP contribution in [0.5, 0.6) is 17.2 Å². The van der Waals surface area contributed by atoms with Crippen molar-refractivity contribution in [3.05, 3.63) is 52.1 Å². The molecule has 10 nitrogen and oxygen atoms in total. The van der Waals surface area contributed by atoms with Crippen molar-refractivity contribution >= 4 is 23.5 Å². The van der Waals surface area contributed by atoms with Crippen molar-refractivity contribution in [2.24, 2.45) is 5.10 Å². The number of carbonyl (C=O) groups is 1. The van der Waals surface area contributed by atoms with E-state index in [0.717, 1.165) is 5.69 Å². The van der Waals surface area contributed by atoms with Crippen LogP contribution in [0.4, 0.5) is 11.4 Å². The number of amides is 1. The van der Waals surface area contributed by atoms with Gasteiger partial charge in [-0.25, -0.2) is 5.43 Å². The summed E-state index contributed by atoms with van der Waals surface area (Å²) >= 11 is 0. The number of anilines is 1. The van der Waals surface area contributed by atoms with Crippen molar-refractivity contribution in [3.63, 3.8) is 0 Å². The van der Waals surface area contributed by atoms with Gasteiger partial charge in [0, 0.05) is 5.69 Å². The Morgan fingerprint density at radius 2 is 1.75 bits per heavy atom. The fourth-order valence-corrected chi connectivity index (χ4v) is 2.25. The molecule has 148 valence electrons. The van der Waals surface area contributed by atoms with E-state index in [0.29, 0.717) is 11.5 Å². The number of hydrogen-bond donors (Lipinski definition) is 2. The number of methoxy groups -OCH3 is 3. The topological polar surface area (TPSA) is 124 Å². The van der Waals surface area contributed by atoms with Crippen LogP contribution < -0.4 is 25.0 Å². The minimum atomic E-state index is -0.573. The van der Waals surface area contributed by atoms with E-state index in [2.05, 4.69) is 15.8 Å². The standard InChI is InChI=1S/C18H20N4O6/c1-26-14-6-4-13(5-7-14)19-11-18(23)21-20-10-12-8-16(27-2)17(28-3)9-15(12)22(24)25/h4-10,19H,11H2,1-3H3,(H,21,23)/b20-10+. The molecule has 0 unspecified atom stereocenters. The number of hydrazone groups is 1. The van der Waals surface area contributed by atoms with Crippen molar-refractivity contribution in [2.45, 2.75) is 0 Å². The molecule has 0 aliphatic heterocycles. The number of hydrogen-bond acceptors (Lipinski definition) is 8. The monoisotopic (exact) mass is 388 g/mol. The van der Waals surface area contributed by atoms with Crippen LogP contribution in [0.1, 0.15) is 5.56 Å². The second kappa shape index (κ2) is 9.76. The smallest absolute Gasteiger partial charge is 0.282 e. The highest BCUT2D eigenvalue weighted by molar-refractivity contribution is 5.88. The van der Waals surface area contributed by atoms with Crippen LogP contribution in [-0.4, -0.2) is 44.9 Å². The molecule has 0 aliphatic rings. The molecule has 10 heteroatoms. The zero-order chi connectivity index (χ0) is 20.5. The molecule has 0 radical (unpaired) electrons. The Morgan fingerprint density at radius 1 is 1.11 bits per heavy atom. The average molecular weight is 388 g/mol. The molecule has 0 saturated heterocycles. The predicted molar refractivity (Wildman–Crippen MR) is 103 cm³/mol. The third-order valence-electron chi connectivity index (χ3n) is 3.67. The zero-order valence-electron chi connectivity index (χ0n) is 15.6. The fraction of sp³-hybridized carbons (Fsp3) is 0.222. The molecule has 0 fully saturated rings. The number of rotatable bonds is 9. The summed E-state index contributed by atoms with van der Waals surface area (Å²) in [5, 5.41) is 17.9. The van der Waals surface area contributed by atoms with Crippen molar-refractivity contribution in [2.75, 3.05) is 33.2 Å². The van der Waals surface area contributed by atoms with Crippen LogP contribution in [0.2, 0.25) is 0 Å². The number of nitro benzene ring substituents is 1. The molecular formula is C18H20N4O6. The number of benzene rings is 2.